The van der Waals surface area contributed by atoms with Crippen molar-refractivity contribution >= 4 is 11.9 Å². The van der Waals surface area contributed by atoms with E-state index in [4.69, 9.17) is 9.47 Å². The number of ether oxygens (including phenoxy) is 2. The summed E-state index contributed by atoms with van der Waals surface area (Å²) in [6.07, 6.45) is 3.96. The first kappa shape index (κ1) is 15.3. The molecule has 0 aromatic rings. The maximum Gasteiger partial charge on any atom is 0.310 e. The van der Waals surface area contributed by atoms with Crippen LogP contribution >= 0.6 is 0 Å². The number of esters is 2. The molecule has 0 aromatic heterocycles. The zero-order valence-corrected chi connectivity index (χ0v) is 13.0. The Morgan fingerprint density at radius 2 is 1.15 bits per heavy atom. The van der Waals surface area contributed by atoms with Crippen molar-refractivity contribution in [3.05, 3.63) is 0 Å². The van der Waals surface area contributed by atoms with Gasteiger partial charge >= 0.3 is 11.9 Å². The maximum atomic E-state index is 12.4. The second kappa shape index (κ2) is 5.38. The summed E-state index contributed by atoms with van der Waals surface area (Å²) in [7, 11) is 0. The molecule has 0 aromatic carbocycles. The Morgan fingerprint density at radius 1 is 0.850 bits per heavy atom. The molecular formula is C16H26O4. The normalized spacial score (nSPS) is 39.4. The minimum absolute atomic E-state index is 0.124. The number of hydrogen-bond acceptors (Lipinski definition) is 4. The summed E-state index contributed by atoms with van der Waals surface area (Å²) in [6, 6.07) is 0. The van der Waals surface area contributed by atoms with Crippen LogP contribution in [0.15, 0.2) is 0 Å². The van der Waals surface area contributed by atoms with Gasteiger partial charge in [0.1, 0.15) is 0 Å². The van der Waals surface area contributed by atoms with Crippen molar-refractivity contribution in [2.24, 2.45) is 22.7 Å². The van der Waals surface area contributed by atoms with E-state index < -0.39 is 0 Å². The second-order valence-corrected chi connectivity index (χ2v) is 6.77. The van der Waals surface area contributed by atoms with E-state index in [1.165, 1.54) is 0 Å². The summed E-state index contributed by atoms with van der Waals surface area (Å²) in [5.74, 6) is -1.15. The predicted octanol–water partition coefficient (Wildman–Crippen LogP) is 2.95. The average Bonchev–Trinajstić information content (AvgIpc) is 2.39. The molecule has 0 amide bonds. The van der Waals surface area contributed by atoms with Gasteiger partial charge in [-0.25, -0.2) is 0 Å². The minimum Gasteiger partial charge on any atom is -0.466 e. The minimum atomic E-state index is -0.353. The molecule has 3 rings (SSSR count). The first-order valence-corrected chi connectivity index (χ1v) is 7.71. The van der Waals surface area contributed by atoms with E-state index in [1.807, 2.05) is 13.8 Å². The molecule has 0 aliphatic heterocycles. The van der Waals surface area contributed by atoms with Gasteiger partial charge in [0, 0.05) is 0 Å². The summed E-state index contributed by atoms with van der Waals surface area (Å²) in [5, 5.41) is 0. The van der Waals surface area contributed by atoms with Crippen LogP contribution in [-0.4, -0.2) is 25.2 Å². The molecule has 0 N–H and O–H groups in total. The zero-order chi connectivity index (χ0) is 15.0. The van der Waals surface area contributed by atoms with Gasteiger partial charge in [0.05, 0.1) is 25.0 Å². The van der Waals surface area contributed by atoms with Crippen molar-refractivity contribution in [1.82, 2.24) is 0 Å². The number of fused-ring (bicyclic) bond motifs is 3. The molecule has 3 saturated carbocycles. The van der Waals surface area contributed by atoms with Crippen LogP contribution in [0.5, 0.6) is 0 Å². The van der Waals surface area contributed by atoms with Gasteiger partial charge in [0.25, 0.3) is 0 Å². The molecule has 4 heteroatoms. The van der Waals surface area contributed by atoms with Crippen molar-refractivity contribution in [2.45, 2.75) is 53.4 Å². The average molecular weight is 282 g/mol. The van der Waals surface area contributed by atoms with Gasteiger partial charge in [-0.05, 0) is 50.4 Å². The van der Waals surface area contributed by atoms with Gasteiger partial charge in [-0.3, -0.25) is 9.59 Å². The van der Waals surface area contributed by atoms with Gasteiger partial charge < -0.3 is 9.47 Å². The van der Waals surface area contributed by atoms with Gasteiger partial charge in [-0.15, -0.1) is 0 Å². The van der Waals surface area contributed by atoms with Crippen LogP contribution in [0.25, 0.3) is 0 Å². The molecule has 0 saturated heterocycles. The van der Waals surface area contributed by atoms with Crippen LogP contribution in [0.2, 0.25) is 0 Å². The third-order valence-corrected chi connectivity index (χ3v) is 5.45. The lowest BCUT2D eigenvalue weighted by Crippen LogP contribution is -2.58. The Bertz CT molecular complexity index is 355. The van der Waals surface area contributed by atoms with Crippen LogP contribution in [0.1, 0.15) is 53.4 Å². The topological polar surface area (TPSA) is 52.6 Å². The van der Waals surface area contributed by atoms with E-state index in [-0.39, 0.29) is 34.6 Å². The summed E-state index contributed by atoms with van der Waals surface area (Å²) in [6.45, 7) is 8.58. The zero-order valence-electron chi connectivity index (χ0n) is 13.0. The van der Waals surface area contributed by atoms with Gasteiger partial charge in [-0.1, -0.05) is 13.8 Å². The molecule has 3 aliphatic carbocycles. The van der Waals surface area contributed by atoms with Crippen molar-refractivity contribution in [1.29, 1.82) is 0 Å². The lowest BCUT2D eigenvalue weighted by molar-refractivity contribution is -0.190. The van der Waals surface area contributed by atoms with Crippen molar-refractivity contribution in [3.63, 3.8) is 0 Å². The second-order valence-electron chi connectivity index (χ2n) is 6.77. The molecule has 2 unspecified atom stereocenters. The number of rotatable bonds is 4. The van der Waals surface area contributed by atoms with Gasteiger partial charge in [0.15, 0.2) is 0 Å². The van der Waals surface area contributed by atoms with E-state index in [0.29, 0.717) is 13.2 Å². The molecule has 2 bridgehead atoms. The maximum absolute atomic E-state index is 12.4. The lowest BCUT2D eigenvalue weighted by atomic mass is 9.45. The van der Waals surface area contributed by atoms with E-state index in [1.54, 1.807) is 0 Å². The molecule has 20 heavy (non-hydrogen) atoms. The SMILES string of the molecule is CCOC(=O)C1C(C(=O)OCC)C2(C)CCC1(C)CC2. The van der Waals surface area contributed by atoms with E-state index in [2.05, 4.69) is 13.8 Å². The van der Waals surface area contributed by atoms with Crippen molar-refractivity contribution in [3.8, 4) is 0 Å². The van der Waals surface area contributed by atoms with Crippen LogP contribution < -0.4 is 0 Å². The smallest absolute Gasteiger partial charge is 0.310 e. The Hall–Kier alpha value is -1.06. The monoisotopic (exact) mass is 282 g/mol. The van der Waals surface area contributed by atoms with E-state index >= 15 is 0 Å². The Balaban J connectivity index is 2.36. The van der Waals surface area contributed by atoms with Crippen LogP contribution in [0.3, 0.4) is 0 Å². The third kappa shape index (κ3) is 2.33. The lowest BCUT2D eigenvalue weighted by Gasteiger charge is -2.58. The summed E-state index contributed by atoms with van der Waals surface area (Å²) < 4.78 is 10.5. The highest BCUT2D eigenvalue weighted by atomic mass is 16.5. The fraction of sp³-hybridized carbons (Fsp3) is 0.875. The van der Waals surface area contributed by atoms with Gasteiger partial charge in [-0.2, -0.15) is 0 Å². The van der Waals surface area contributed by atoms with Crippen LogP contribution in [-0.2, 0) is 19.1 Å². The molecule has 2 atom stereocenters. The fourth-order valence-electron chi connectivity index (χ4n) is 4.12. The Kier molecular flexibility index (Phi) is 4.12. The summed E-state index contributed by atoms with van der Waals surface area (Å²) >= 11 is 0. The summed E-state index contributed by atoms with van der Waals surface area (Å²) in [4.78, 5) is 24.8. The van der Waals surface area contributed by atoms with Crippen molar-refractivity contribution in [2.75, 3.05) is 13.2 Å². The molecule has 114 valence electrons. The standard InChI is InChI=1S/C16H26O4/c1-5-19-13(17)11-12(14(18)20-6-2)16(4)9-7-15(11,3)8-10-16/h11-12H,5-10H2,1-4H3. The number of carbonyl (C=O) groups is 2. The predicted molar refractivity (Wildman–Crippen MR) is 74.9 cm³/mol. The molecular weight excluding hydrogens is 256 g/mol. The Morgan fingerprint density at radius 3 is 1.40 bits per heavy atom. The highest BCUT2D eigenvalue weighted by molar-refractivity contribution is 5.84. The molecule has 0 spiro atoms. The van der Waals surface area contributed by atoms with Gasteiger partial charge in [0.2, 0.25) is 0 Å². The molecule has 0 heterocycles. The van der Waals surface area contributed by atoms with Crippen LogP contribution in [0.4, 0.5) is 0 Å². The number of hydrogen-bond donors (Lipinski definition) is 0. The molecule has 0 radical (unpaired) electrons. The fourth-order valence-corrected chi connectivity index (χ4v) is 4.12. The molecule has 4 nitrogen and oxygen atoms in total. The Labute approximate surface area is 121 Å². The van der Waals surface area contributed by atoms with E-state index in [0.717, 1.165) is 25.7 Å². The molecule has 3 aliphatic rings. The quantitative estimate of drug-likeness (QED) is 0.744. The largest absolute Gasteiger partial charge is 0.466 e. The molecule has 3 fully saturated rings. The van der Waals surface area contributed by atoms with Crippen LogP contribution in [0, 0.1) is 22.7 Å². The van der Waals surface area contributed by atoms with Crippen molar-refractivity contribution < 1.29 is 19.1 Å². The number of carbonyl (C=O) groups excluding carboxylic acids is 2. The highest BCUT2D eigenvalue weighted by Crippen LogP contribution is 2.62. The van der Waals surface area contributed by atoms with E-state index in [9.17, 15) is 9.59 Å². The third-order valence-electron chi connectivity index (χ3n) is 5.45. The highest BCUT2D eigenvalue weighted by Gasteiger charge is 2.62. The first-order valence-electron chi connectivity index (χ1n) is 7.71. The summed E-state index contributed by atoms with van der Waals surface area (Å²) in [5.41, 5.74) is -0.247. The first-order chi connectivity index (χ1) is 9.38.